The van der Waals surface area contributed by atoms with E-state index in [-0.39, 0.29) is 11.4 Å². The minimum Gasteiger partial charge on any atom is -0.321 e. The molecular weight excluding hydrogens is 396 g/mol. The highest BCUT2D eigenvalue weighted by atomic mass is 32.1. The van der Waals surface area contributed by atoms with E-state index in [1.807, 2.05) is 24.4 Å². The molecule has 1 aliphatic rings. The summed E-state index contributed by atoms with van der Waals surface area (Å²) >= 11 is 1.57. The zero-order valence-electron chi connectivity index (χ0n) is 16.4. The highest BCUT2D eigenvalue weighted by Gasteiger charge is 2.20. The van der Waals surface area contributed by atoms with Crippen molar-refractivity contribution in [2.45, 2.75) is 26.2 Å². The molecule has 5 rings (SSSR count). The molecule has 30 heavy (non-hydrogen) atoms. The maximum Gasteiger partial charge on any atom is 0.260 e. The molecule has 4 aromatic rings. The lowest BCUT2D eigenvalue weighted by Gasteiger charge is -2.08. The van der Waals surface area contributed by atoms with Crippen molar-refractivity contribution in [3.63, 3.8) is 0 Å². The first-order valence-corrected chi connectivity index (χ1v) is 10.8. The number of aromatic nitrogens is 6. The van der Waals surface area contributed by atoms with Crippen LogP contribution < -0.4 is 5.56 Å². The third kappa shape index (κ3) is 3.73. The van der Waals surface area contributed by atoms with Gasteiger partial charge >= 0.3 is 0 Å². The molecule has 1 saturated carbocycles. The van der Waals surface area contributed by atoms with E-state index in [1.165, 1.54) is 12.8 Å². The zero-order valence-corrected chi connectivity index (χ0v) is 17.2. The molecule has 1 fully saturated rings. The van der Waals surface area contributed by atoms with Gasteiger partial charge in [0.05, 0.1) is 5.56 Å². The Kier molecular flexibility index (Phi) is 4.84. The second-order valence-corrected chi connectivity index (χ2v) is 8.46. The SMILES string of the molecule is CCc1cnc(-c2cc(-c3ccc(C=CC4CC4)cc3)[nH]c(=O)c2-c2nn[nH]n2)s1. The largest absolute Gasteiger partial charge is 0.321 e. The van der Waals surface area contributed by atoms with Crippen molar-refractivity contribution in [2.75, 3.05) is 0 Å². The van der Waals surface area contributed by atoms with Crippen LogP contribution in [0.1, 0.15) is 30.2 Å². The zero-order chi connectivity index (χ0) is 20.5. The van der Waals surface area contributed by atoms with Gasteiger partial charge in [0.2, 0.25) is 5.82 Å². The Morgan fingerprint density at radius 2 is 2.07 bits per heavy atom. The summed E-state index contributed by atoms with van der Waals surface area (Å²) in [6.45, 7) is 2.08. The lowest BCUT2D eigenvalue weighted by molar-refractivity contribution is 0.881. The van der Waals surface area contributed by atoms with E-state index in [9.17, 15) is 4.79 Å². The fraction of sp³-hybridized carbons (Fsp3) is 0.227. The molecule has 0 aliphatic heterocycles. The van der Waals surface area contributed by atoms with Crippen LogP contribution >= 0.6 is 11.3 Å². The number of benzene rings is 1. The molecule has 2 N–H and O–H groups in total. The van der Waals surface area contributed by atoms with Crippen molar-refractivity contribution in [1.29, 1.82) is 0 Å². The van der Waals surface area contributed by atoms with Crippen molar-refractivity contribution in [1.82, 2.24) is 30.6 Å². The number of nitrogens with zero attached hydrogens (tertiary/aromatic N) is 4. The van der Waals surface area contributed by atoms with E-state index in [2.05, 4.69) is 61.8 Å². The normalized spacial score (nSPS) is 13.9. The Hall–Kier alpha value is -3.39. The number of hydrogen-bond donors (Lipinski definition) is 2. The average Bonchev–Trinajstić information content (AvgIpc) is 3.23. The van der Waals surface area contributed by atoms with E-state index >= 15 is 0 Å². The highest BCUT2D eigenvalue weighted by molar-refractivity contribution is 7.15. The first kappa shape index (κ1) is 18.6. The summed E-state index contributed by atoms with van der Waals surface area (Å²) in [6.07, 6.45) is 9.76. The highest BCUT2D eigenvalue weighted by Crippen LogP contribution is 2.34. The minimum atomic E-state index is -0.269. The van der Waals surface area contributed by atoms with Gasteiger partial charge < -0.3 is 4.98 Å². The Bertz CT molecular complexity index is 1250. The number of H-pyrrole nitrogens is 2. The molecule has 3 heterocycles. The Morgan fingerprint density at radius 1 is 1.23 bits per heavy atom. The van der Waals surface area contributed by atoms with Crippen molar-refractivity contribution in [2.24, 2.45) is 5.92 Å². The van der Waals surface area contributed by atoms with Crippen LogP contribution in [0.3, 0.4) is 0 Å². The number of pyridine rings is 1. The third-order valence-electron chi connectivity index (χ3n) is 5.14. The van der Waals surface area contributed by atoms with Gasteiger partial charge in [0.15, 0.2) is 0 Å². The first-order valence-electron chi connectivity index (χ1n) is 9.96. The summed E-state index contributed by atoms with van der Waals surface area (Å²) < 4.78 is 0. The molecule has 0 spiro atoms. The minimum absolute atomic E-state index is 0.256. The summed E-state index contributed by atoms with van der Waals surface area (Å²) in [6, 6.07) is 10.1. The molecule has 8 heteroatoms. The first-order chi connectivity index (χ1) is 14.7. The van der Waals surface area contributed by atoms with Gasteiger partial charge in [-0.1, -0.05) is 43.3 Å². The number of allylic oxidation sites excluding steroid dienone is 1. The quantitative estimate of drug-likeness (QED) is 0.487. The molecular formula is C22H20N6OS. The average molecular weight is 417 g/mol. The van der Waals surface area contributed by atoms with E-state index < -0.39 is 0 Å². The van der Waals surface area contributed by atoms with Crippen molar-refractivity contribution in [3.05, 3.63) is 63.4 Å². The Morgan fingerprint density at radius 3 is 2.73 bits per heavy atom. The van der Waals surface area contributed by atoms with E-state index in [0.717, 1.165) is 39.0 Å². The number of tetrazole rings is 1. The van der Waals surface area contributed by atoms with Gasteiger partial charge in [-0.25, -0.2) is 4.98 Å². The van der Waals surface area contributed by atoms with E-state index in [4.69, 9.17) is 0 Å². The van der Waals surface area contributed by atoms with Gasteiger partial charge in [-0.15, -0.1) is 21.5 Å². The van der Waals surface area contributed by atoms with Gasteiger partial charge in [-0.2, -0.15) is 5.21 Å². The standard InChI is InChI=1S/C22H20N6OS/c1-2-16-12-23-22(30-16)17-11-18(24-21(29)19(17)20-25-27-28-26-20)15-9-7-14(8-10-15)6-5-13-3-4-13/h5-13H,2-4H2,1H3,(H,24,29)(H,25,26,27,28). The molecule has 0 saturated heterocycles. The molecule has 1 aromatic carbocycles. The Balaban J connectivity index is 1.58. The molecule has 0 atom stereocenters. The molecule has 1 aliphatic carbocycles. The lowest BCUT2D eigenvalue weighted by atomic mass is 10.0. The molecule has 3 aromatic heterocycles. The molecule has 150 valence electrons. The molecule has 0 unspecified atom stereocenters. The van der Waals surface area contributed by atoms with Gasteiger partial charge in [0, 0.05) is 22.3 Å². The van der Waals surface area contributed by atoms with Gasteiger partial charge in [-0.05, 0) is 47.6 Å². The third-order valence-corrected chi connectivity index (χ3v) is 6.31. The number of thiazole rings is 1. The summed E-state index contributed by atoms with van der Waals surface area (Å²) in [7, 11) is 0. The van der Waals surface area contributed by atoms with Crippen LogP contribution in [0.25, 0.3) is 39.3 Å². The Labute approximate surface area is 176 Å². The topological polar surface area (TPSA) is 100 Å². The summed E-state index contributed by atoms with van der Waals surface area (Å²) in [5.74, 6) is 0.999. The fourth-order valence-corrected chi connectivity index (χ4v) is 4.15. The maximum atomic E-state index is 13.0. The number of aryl methyl sites for hydroxylation is 1. The van der Waals surface area contributed by atoms with Crippen LogP contribution in [0.4, 0.5) is 0 Å². The molecule has 0 amide bonds. The number of hydrogen-bond acceptors (Lipinski definition) is 6. The smallest absolute Gasteiger partial charge is 0.260 e. The van der Waals surface area contributed by atoms with E-state index in [0.29, 0.717) is 11.1 Å². The predicted molar refractivity (Wildman–Crippen MR) is 118 cm³/mol. The monoisotopic (exact) mass is 416 g/mol. The number of aromatic amines is 2. The predicted octanol–water partition coefficient (Wildman–Crippen LogP) is 4.33. The van der Waals surface area contributed by atoms with Crippen LogP contribution in [0.15, 0.2) is 47.4 Å². The number of rotatable bonds is 6. The number of nitrogens with one attached hydrogen (secondary N) is 2. The second kappa shape index (κ2) is 7.79. The summed E-state index contributed by atoms with van der Waals surface area (Å²) in [5, 5.41) is 14.8. The van der Waals surface area contributed by atoms with Gasteiger partial charge in [-0.3, -0.25) is 4.79 Å². The maximum absolute atomic E-state index is 13.0. The van der Waals surface area contributed by atoms with Crippen molar-refractivity contribution in [3.8, 4) is 33.2 Å². The summed E-state index contributed by atoms with van der Waals surface area (Å²) in [5.41, 5.74) is 3.63. The van der Waals surface area contributed by atoms with Gasteiger partial charge in [0.1, 0.15) is 5.01 Å². The lowest BCUT2D eigenvalue weighted by Crippen LogP contribution is -2.12. The molecule has 7 nitrogen and oxygen atoms in total. The summed E-state index contributed by atoms with van der Waals surface area (Å²) in [4.78, 5) is 21.7. The van der Waals surface area contributed by atoms with Gasteiger partial charge in [0.25, 0.3) is 5.56 Å². The van der Waals surface area contributed by atoms with Crippen LogP contribution in [-0.2, 0) is 6.42 Å². The van der Waals surface area contributed by atoms with Crippen LogP contribution in [-0.4, -0.2) is 30.6 Å². The van der Waals surface area contributed by atoms with Crippen molar-refractivity contribution < 1.29 is 0 Å². The molecule has 0 bridgehead atoms. The van der Waals surface area contributed by atoms with Crippen LogP contribution in [0.2, 0.25) is 0 Å². The van der Waals surface area contributed by atoms with Crippen molar-refractivity contribution >= 4 is 17.4 Å². The van der Waals surface area contributed by atoms with Crippen LogP contribution in [0, 0.1) is 5.92 Å². The fourth-order valence-electron chi connectivity index (χ4n) is 3.28. The van der Waals surface area contributed by atoms with E-state index in [1.54, 1.807) is 11.3 Å². The van der Waals surface area contributed by atoms with Crippen LogP contribution in [0.5, 0.6) is 0 Å². The second-order valence-electron chi connectivity index (χ2n) is 7.34. The molecule has 0 radical (unpaired) electrons.